The fraction of sp³-hybridized carbons (Fsp3) is 0.273. The number of amides is 2. The Bertz CT molecular complexity index is 407. The van der Waals surface area contributed by atoms with E-state index in [0.29, 0.717) is 10.5 Å². The van der Waals surface area contributed by atoms with E-state index in [9.17, 15) is 9.59 Å². The number of rotatable bonds is 3. The first-order chi connectivity index (χ1) is 7.54. The van der Waals surface area contributed by atoms with Gasteiger partial charge in [-0.3, -0.25) is 9.59 Å². The molecule has 0 aliphatic heterocycles. The van der Waals surface area contributed by atoms with E-state index in [1.807, 2.05) is 0 Å². The van der Waals surface area contributed by atoms with E-state index >= 15 is 0 Å². The number of hydrogen-bond acceptors (Lipinski definition) is 3. The van der Waals surface area contributed by atoms with Gasteiger partial charge in [0.2, 0.25) is 5.91 Å². The van der Waals surface area contributed by atoms with E-state index in [1.165, 1.54) is 7.05 Å². The Morgan fingerprint density at radius 2 is 2.06 bits per heavy atom. The highest BCUT2D eigenvalue weighted by Crippen LogP contribution is 2.08. The second-order valence-electron chi connectivity index (χ2n) is 3.36. The van der Waals surface area contributed by atoms with Crippen molar-refractivity contribution in [2.75, 3.05) is 7.05 Å². The predicted octanol–water partition coefficient (Wildman–Crippen LogP) is 0.840. The van der Waals surface area contributed by atoms with E-state index in [1.54, 1.807) is 31.2 Å². The Hall–Kier alpha value is -1.49. The molecular weight excluding hydrogens is 224 g/mol. The van der Waals surface area contributed by atoms with Crippen LogP contribution in [0.3, 0.4) is 0 Å². The van der Waals surface area contributed by atoms with Gasteiger partial charge in [-0.2, -0.15) is 0 Å². The normalized spacial score (nSPS) is 11.7. The molecule has 0 radical (unpaired) electrons. The van der Waals surface area contributed by atoms with Gasteiger partial charge in [0.1, 0.15) is 6.04 Å². The summed E-state index contributed by atoms with van der Waals surface area (Å²) in [6.07, 6.45) is 0. The van der Waals surface area contributed by atoms with Crippen LogP contribution in [-0.4, -0.2) is 24.9 Å². The summed E-state index contributed by atoms with van der Waals surface area (Å²) in [5.74, 6) is -0.512. The highest BCUT2D eigenvalue weighted by Gasteiger charge is 2.14. The van der Waals surface area contributed by atoms with Gasteiger partial charge < -0.3 is 10.6 Å². The van der Waals surface area contributed by atoms with Gasteiger partial charge in [0.05, 0.1) is 0 Å². The third kappa shape index (κ3) is 3.27. The van der Waals surface area contributed by atoms with Crippen molar-refractivity contribution >= 4 is 24.4 Å². The van der Waals surface area contributed by atoms with Gasteiger partial charge in [0.15, 0.2) is 0 Å². The maximum absolute atomic E-state index is 11.7. The lowest BCUT2D eigenvalue weighted by Crippen LogP contribution is -2.43. The first-order valence-corrected chi connectivity index (χ1v) is 5.31. The van der Waals surface area contributed by atoms with Crippen LogP contribution in [0.2, 0.25) is 0 Å². The van der Waals surface area contributed by atoms with Crippen LogP contribution in [0.1, 0.15) is 17.3 Å². The molecule has 1 aromatic carbocycles. The molecule has 0 bridgehead atoms. The number of benzene rings is 1. The standard InChI is InChI=1S/C11H14N2O2S/c1-7(10(14)12-2)13-11(15)8-4-3-5-9(16)6-8/h3-7,16H,1-2H3,(H,12,14)(H,13,15). The SMILES string of the molecule is CNC(=O)C(C)NC(=O)c1cccc(S)c1. The lowest BCUT2D eigenvalue weighted by molar-refractivity contribution is -0.122. The summed E-state index contributed by atoms with van der Waals surface area (Å²) in [5.41, 5.74) is 0.489. The molecule has 1 atom stereocenters. The van der Waals surface area contributed by atoms with Gasteiger partial charge in [0.25, 0.3) is 5.91 Å². The van der Waals surface area contributed by atoms with Crippen molar-refractivity contribution in [2.45, 2.75) is 17.9 Å². The van der Waals surface area contributed by atoms with Crippen LogP contribution in [-0.2, 0) is 4.79 Å². The minimum atomic E-state index is -0.555. The van der Waals surface area contributed by atoms with Crippen LogP contribution in [0, 0.1) is 0 Å². The summed E-state index contributed by atoms with van der Waals surface area (Å²) in [5, 5.41) is 5.05. The fourth-order valence-electron chi connectivity index (χ4n) is 1.21. The molecule has 0 spiro atoms. The van der Waals surface area contributed by atoms with Crippen LogP contribution in [0.5, 0.6) is 0 Å². The summed E-state index contributed by atoms with van der Waals surface area (Å²) in [4.78, 5) is 23.6. The summed E-state index contributed by atoms with van der Waals surface area (Å²) in [7, 11) is 1.53. The molecule has 1 unspecified atom stereocenters. The van der Waals surface area contributed by atoms with Crippen LogP contribution < -0.4 is 10.6 Å². The highest BCUT2D eigenvalue weighted by molar-refractivity contribution is 7.80. The molecule has 0 saturated heterocycles. The molecule has 1 rings (SSSR count). The minimum Gasteiger partial charge on any atom is -0.357 e. The van der Waals surface area contributed by atoms with E-state index < -0.39 is 6.04 Å². The highest BCUT2D eigenvalue weighted by atomic mass is 32.1. The molecule has 0 aliphatic rings. The number of carbonyl (C=O) groups is 2. The first-order valence-electron chi connectivity index (χ1n) is 4.86. The first kappa shape index (κ1) is 12.6. The van der Waals surface area contributed by atoms with Crippen molar-refractivity contribution in [3.63, 3.8) is 0 Å². The van der Waals surface area contributed by atoms with Gasteiger partial charge in [-0.25, -0.2) is 0 Å². The molecule has 2 N–H and O–H groups in total. The number of hydrogen-bond donors (Lipinski definition) is 3. The topological polar surface area (TPSA) is 58.2 Å². The van der Waals surface area contributed by atoms with Crippen molar-refractivity contribution in [1.29, 1.82) is 0 Å². The second-order valence-corrected chi connectivity index (χ2v) is 3.88. The molecule has 0 fully saturated rings. The monoisotopic (exact) mass is 238 g/mol. The lowest BCUT2D eigenvalue weighted by atomic mass is 10.2. The Morgan fingerprint density at radius 3 is 2.62 bits per heavy atom. The van der Waals surface area contributed by atoms with Crippen LogP contribution in [0.15, 0.2) is 29.2 Å². The van der Waals surface area contributed by atoms with Gasteiger partial charge in [-0.15, -0.1) is 12.6 Å². The van der Waals surface area contributed by atoms with Crippen molar-refractivity contribution in [2.24, 2.45) is 0 Å². The van der Waals surface area contributed by atoms with E-state index in [2.05, 4.69) is 23.3 Å². The molecule has 0 heterocycles. The Balaban J connectivity index is 2.69. The van der Waals surface area contributed by atoms with Crippen molar-refractivity contribution in [3.8, 4) is 0 Å². The Labute approximate surface area is 99.8 Å². The van der Waals surface area contributed by atoms with Crippen LogP contribution in [0.25, 0.3) is 0 Å². The van der Waals surface area contributed by atoms with Crippen LogP contribution >= 0.6 is 12.6 Å². The lowest BCUT2D eigenvalue weighted by Gasteiger charge is -2.12. The van der Waals surface area contributed by atoms with Crippen LogP contribution in [0.4, 0.5) is 0 Å². The van der Waals surface area contributed by atoms with Crippen molar-refractivity contribution in [3.05, 3.63) is 29.8 Å². The summed E-state index contributed by atoms with van der Waals surface area (Å²) in [6.45, 7) is 1.63. The van der Waals surface area contributed by atoms with Crippen molar-refractivity contribution < 1.29 is 9.59 Å². The van der Waals surface area contributed by atoms with Gasteiger partial charge >= 0.3 is 0 Å². The minimum absolute atomic E-state index is 0.227. The molecule has 0 aliphatic carbocycles. The van der Waals surface area contributed by atoms with Gasteiger partial charge in [0, 0.05) is 17.5 Å². The van der Waals surface area contributed by atoms with Crippen molar-refractivity contribution in [1.82, 2.24) is 10.6 Å². The predicted molar refractivity (Wildman–Crippen MR) is 64.7 cm³/mol. The Morgan fingerprint density at radius 1 is 1.38 bits per heavy atom. The average molecular weight is 238 g/mol. The zero-order valence-corrected chi connectivity index (χ0v) is 10.0. The molecule has 5 heteroatoms. The maximum Gasteiger partial charge on any atom is 0.251 e. The molecule has 0 aromatic heterocycles. The van der Waals surface area contributed by atoms with E-state index in [4.69, 9.17) is 0 Å². The molecule has 86 valence electrons. The fourth-order valence-corrected chi connectivity index (χ4v) is 1.43. The molecule has 0 saturated carbocycles. The third-order valence-electron chi connectivity index (χ3n) is 2.10. The summed E-state index contributed by atoms with van der Waals surface area (Å²) >= 11 is 4.14. The molecule has 2 amide bonds. The quantitative estimate of drug-likeness (QED) is 0.683. The smallest absolute Gasteiger partial charge is 0.251 e. The number of carbonyl (C=O) groups excluding carboxylic acids is 2. The molecular formula is C11H14N2O2S. The molecule has 4 nitrogen and oxygen atoms in total. The Kier molecular flexibility index (Phi) is 4.37. The largest absolute Gasteiger partial charge is 0.357 e. The summed E-state index contributed by atoms with van der Waals surface area (Å²) < 4.78 is 0. The molecule has 16 heavy (non-hydrogen) atoms. The molecule has 1 aromatic rings. The number of thiol groups is 1. The maximum atomic E-state index is 11.7. The van der Waals surface area contributed by atoms with E-state index in [0.717, 1.165) is 0 Å². The zero-order valence-electron chi connectivity index (χ0n) is 9.15. The van der Waals surface area contributed by atoms with Gasteiger partial charge in [-0.1, -0.05) is 6.07 Å². The average Bonchev–Trinajstić information content (AvgIpc) is 2.27. The second kappa shape index (κ2) is 5.55. The number of nitrogens with one attached hydrogen (secondary N) is 2. The number of likely N-dealkylation sites (N-methyl/N-ethyl adjacent to an activating group) is 1. The third-order valence-corrected chi connectivity index (χ3v) is 2.37. The summed E-state index contributed by atoms with van der Waals surface area (Å²) in [6, 6.07) is 6.28. The van der Waals surface area contributed by atoms with E-state index in [-0.39, 0.29) is 11.8 Å². The zero-order chi connectivity index (χ0) is 12.1. The van der Waals surface area contributed by atoms with Gasteiger partial charge in [-0.05, 0) is 25.1 Å².